The lowest BCUT2D eigenvalue weighted by molar-refractivity contribution is 0.0135. The number of fused-ring (bicyclic) bond motifs is 1. The van der Waals surface area contributed by atoms with Crippen LogP contribution in [-0.2, 0) is 4.74 Å². The normalized spacial score (nSPS) is 19.4. The first-order chi connectivity index (χ1) is 15.5. The SMILES string of the molecule is CC(C)n1c(Br)cc2c1C(c1ccc(Cl)cc1)N(C1CCN(C(=O)OC(C)(C)C)CC1)C2=O. The Bertz CT molecular complexity index is 1050. The number of aromatic nitrogens is 1. The second-order valence-corrected chi connectivity index (χ2v) is 11.3. The second-order valence-electron chi connectivity index (χ2n) is 10.1. The molecule has 33 heavy (non-hydrogen) atoms. The predicted molar refractivity (Wildman–Crippen MR) is 133 cm³/mol. The van der Waals surface area contributed by atoms with Gasteiger partial charge in [-0.2, -0.15) is 0 Å². The minimum Gasteiger partial charge on any atom is -0.444 e. The van der Waals surface area contributed by atoms with Gasteiger partial charge in [-0.1, -0.05) is 23.7 Å². The summed E-state index contributed by atoms with van der Waals surface area (Å²) < 4.78 is 8.65. The van der Waals surface area contributed by atoms with E-state index in [2.05, 4.69) is 34.3 Å². The number of carbonyl (C=O) groups excluding carboxylic acids is 2. The molecule has 1 aromatic carbocycles. The molecular weight excluding hydrogens is 506 g/mol. The molecule has 8 heteroatoms. The fourth-order valence-electron chi connectivity index (χ4n) is 4.86. The van der Waals surface area contributed by atoms with Crippen LogP contribution in [0.2, 0.25) is 5.02 Å². The Kier molecular flexibility index (Phi) is 6.58. The van der Waals surface area contributed by atoms with Crippen LogP contribution < -0.4 is 0 Å². The molecule has 4 rings (SSSR count). The molecule has 0 radical (unpaired) electrons. The van der Waals surface area contributed by atoms with Gasteiger partial charge in [0.2, 0.25) is 0 Å². The fourth-order valence-corrected chi connectivity index (χ4v) is 5.82. The minimum atomic E-state index is -0.525. The number of rotatable bonds is 3. The highest BCUT2D eigenvalue weighted by atomic mass is 79.9. The molecule has 2 aliphatic rings. The first-order valence-corrected chi connectivity index (χ1v) is 12.6. The van der Waals surface area contributed by atoms with Crippen molar-refractivity contribution in [2.75, 3.05) is 13.1 Å². The lowest BCUT2D eigenvalue weighted by atomic mass is 9.98. The molecule has 6 nitrogen and oxygen atoms in total. The fraction of sp³-hybridized carbons (Fsp3) is 0.520. The number of halogens is 2. The van der Waals surface area contributed by atoms with E-state index >= 15 is 0 Å². The maximum Gasteiger partial charge on any atom is 0.410 e. The quantitative estimate of drug-likeness (QED) is 0.454. The molecule has 2 aromatic rings. The molecule has 0 spiro atoms. The molecule has 2 aliphatic heterocycles. The van der Waals surface area contributed by atoms with Crippen LogP contribution in [0.15, 0.2) is 34.9 Å². The van der Waals surface area contributed by atoms with Crippen molar-refractivity contribution in [3.8, 4) is 0 Å². The molecule has 1 saturated heterocycles. The summed E-state index contributed by atoms with van der Waals surface area (Å²) >= 11 is 9.83. The summed E-state index contributed by atoms with van der Waals surface area (Å²) in [7, 11) is 0. The number of amides is 2. The van der Waals surface area contributed by atoms with Crippen LogP contribution in [0.5, 0.6) is 0 Å². The molecular formula is C25H31BrClN3O3. The van der Waals surface area contributed by atoms with Gasteiger partial charge < -0.3 is 19.1 Å². The van der Waals surface area contributed by atoms with E-state index in [1.54, 1.807) is 4.90 Å². The minimum absolute atomic E-state index is 0.0312. The van der Waals surface area contributed by atoms with Crippen molar-refractivity contribution in [2.45, 2.75) is 71.2 Å². The average Bonchev–Trinajstić information content (AvgIpc) is 3.20. The van der Waals surface area contributed by atoms with Crippen molar-refractivity contribution in [3.05, 3.63) is 56.8 Å². The largest absolute Gasteiger partial charge is 0.444 e. The predicted octanol–water partition coefficient (Wildman–Crippen LogP) is 6.43. The van der Waals surface area contributed by atoms with Crippen LogP contribution in [-0.4, -0.2) is 51.1 Å². The van der Waals surface area contributed by atoms with Gasteiger partial charge in [-0.05, 0) is 87.2 Å². The third-order valence-corrected chi connectivity index (χ3v) is 7.11. The van der Waals surface area contributed by atoms with Crippen molar-refractivity contribution in [1.29, 1.82) is 0 Å². The van der Waals surface area contributed by atoms with Crippen LogP contribution in [0.1, 0.15) is 81.2 Å². The zero-order chi connectivity index (χ0) is 24.1. The summed E-state index contributed by atoms with van der Waals surface area (Å²) in [6.45, 7) is 11.0. The maximum absolute atomic E-state index is 13.7. The molecule has 1 atom stereocenters. The molecule has 0 aliphatic carbocycles. The zero-order valence-electron chi connectivity index (χ0n) is 19.8. The van der Waals surface area contributed by atoms with E-state index in [9.17, 15) is 9.59 Å². The Hall–Kier alpha value is -1.99. The molecule has 178 valence electrons. The summed E-state index contributed by atoms with van der Waals surface area (Å²) in [5.74, 6) is 0.0424. The van der Waals surface area contributed by atoms with E-state index in [1.165, 1.54) is 0 Å². The molecule has 1 fully saturated rings. The van der Waals surface area contributed by atoms with Crippen LogP contribution in [0, 0.1) is 0 Å². The second kappa shape index (κ2) is 8.99. The van der Waals surface area contributed by atoms with Gasteiger partial charge in [0.15, 0.2) is 0 Å². The molecule has 2 amide bonds. The molecule has 0 bridgehead atoms. The molecule has 3 heterocycles. The van der Waals surface area contributed by atoms with Crippen LogP contribution in [0.3, 0.4) is 0 Å². The highest BCUT2D eigenvalue weighted by Gasteiger charge is 2.46. The van der Waals surface area contributed by atoms with E-state index in [0.717, 1.165) is 21.4 Å². The molecule has 1 aromatic heterocycles. The van der Waals surface area contributed by atoms with E-state index < -0.39 is 5.60 Å². The van der Waals surface area contributed by atoms with E-state index in [4.69, 9.17) is 16.3 Å². The number of carbonyl (C=O) groups is 2. The van der Waals surface area contributed by atoms with Gasteiger partial charge in [0.25, 0.3) is 5.91 Å². The number of hydrogen-bond acceptors (Lipinski definition) is 3. The summed E-state index contributed by atoms with van der Waals surface area (Å²) in [6.07, 6.45) is 1.13. The lowest BCUT2D eigenvalue weighted by Gasteiger charge is -2.40. The topological polar surface area (TPSA) is 54.8 Å². The first-order valence-electron chi connectivity index (χ1n) is 11.4. The first kappa shape index (κ1) is 24.1. The van der Waals surface area contributed by atoms with Gasteiger partial charge in [-0.15, -0.1) is 0 Å². The molecule has 1 unspecified atom stereocenters. The van der Waals surface area contributed by atoms with Gasteiger partial charge in [0, 0.05) is 30.2 Å². The summed E-state index contributed by atoms with van der Waals surface area (Å²) in [5.41, 5.74) is 2.26. The Balaban J connectivity index is 1.64. The number of benzene rings is 1. The Morgan fingerprint density at radius 2 is 1.76 bits per heavy atom. The van der Waals surface area contributed by atoms with E-state index in [0.29, 0.717) is 31.0 Å². The standard InChI is InChI=1S/C25H31BrClN3O3/c1-15(2)29-20(26)14-19-22(29)21(16-6-8-17(27)9-7-16)30(23(19)31)18-10-12-28(13-11-18)24(32)33-25(3,4)5/h6-9,14-15,18,21H,10-13H2,1-5H3. The van der Waals surface area contributed by atoms with Crippen molar-refractivity contribution in [1.82, 2.24) is 14.4 Å². The highest BCUT2D eigenvalue weighted by molar-refractivity contribution is 9.10. The van der Waals surface area contributed by atoms with Gasteiger partial charge in [-0.25, -0.2) is 4.79 Å². The van der Waals surface area contributed by atoms with Crippen molar-refractivity contribution in [2.24, 2.45) is 0 Å². The zero-order valence-corrected chi connectivity index (χ0v) is 22.1. The Morgan fingerprint density at radius 3 is 2.30 bits per heavy atom. The van der Waals surface area contributed by atoms with E-state index in [-0.39, 0.29) is 30.1 Å². The van der Waals surface area contributed by atoms with Crippen molar-refractivity contribution < 1.29 is 14.3 Å². The lowest BCUT2D eigenvalue weighted by Crippen LogP contribution is -2.49. The summed E-state index contributed by atoms with van der Waals surface area (Å²) in [5, 5.41) is 0.668. The molecule has 0 N–H and O–H groups in total. The van der Waals surface area contributed by atoms with Crippen molar-refractivity contribution >= 4 is 39.5 Å². The average molecular weight is 537 g/mol. The number of likely N-dealkylation sites (tertiary alicyclic amines) is 1. The molecule has 0 saturated carbocycles. The Morgan fingerprint density at radius 1 is 1.15 bits per heavy atom. The van der Waals surface area contributed by atoms with E-state index in [1.807, 2.05) is 56.0 Å². The number of piperidine rings is 1. The van der Waals surface area contributed by atoms with Crippen molar-refractivity contribution in [3.63, 3.8) is 0 Å². The summed E-state index contributed by atoms with van der Waals surface area (Å²) in [6, 6.07) is 9.73. The Labute approximate surface area is 208 Å². The third-order valence-electron chi connectivity index (χ3n) is 6.24. The van der Waals surface area contributed by atoms with Gasteiger partial charge in [0.05, 0.1) is 21.9 Å². The maximum atomic E-state index is 13.7. The number of hydrogen-bond donors (Lipinski definition) is 0. The number of nitrogens with zero attached hydrogens (tertiary/aromatic N) is 3. The van der Waals surface area contributed by atoms with Gasteiger partial charge in [0.1, 0.15) is 5.60 Å². The van der Waals surface area contributed by atoms with Gasteiger partial charge >= 0.3 is 6.09 Å². The highest BCUT2D eigenvalue weighted by Crippen LogP contribution is 2.45. The monoisotopic (exact) mass is 535 g/mol. The smallest absolute Gasteiger partial charge is 0.410 e. The third kappa shape index (κ3) is 4.67. The van der Waals surface area contributed by atoms with Gasteiger partial charge in [-0.3, -0.25) is 4.79 Å². The van der Waals surface area contributed by atoms with Crippen LogP contribution >= 0.6 is 27.5 Å². The van der Waals surface area contributed by atoms with Crippen LogP contribution in [0.25, 0.3) is 0 Å². The number of ether oxygens (including phenoxy) is 1. The van der Waals surface area contributed by atoms with Crippen LogP contribution in [0.4, 0.5) is 4.79 Å². The summed E-state index contributed by atoms with van der Waals surface area (Å²) in [4.78, 5) is 30.0.